The van der Waals surface area contributed by atoms with Crippen LogP contribution in [0.25, 0.3) is 11.0 Å². The topological polar surface area (TPSA) is 93.1 Å². The van der Waals surface area contributed by atoms with E-state index in [0.29, 0.717) is 30.0 Å². The van der Waals surface area contributed by atoms with Gasteiger partial charge in [0.05, 0.1) is 17.0 Å². The minimum atomic E-state index is -0.412. The van der Waals surface area contributed by atoms with Gasteiger partial charge in [-0.3, -0.25) is 10.1 Å². The molecule has 0 amide bonds. The van der Waals surface area contributed by atoms with Crippen LogP contribution in [0, 0.1) is 10.1 Å². The molecule has 0 saturated carbocycles. The van der Waals surface area contributed by atoms with Gasteiger partial charge in [-0.15, -0.1) is 0 Å². The molecule has 1 aromatic heterocycles. The molecule has 94 valence electrons. The van der Waals surface area contributed by atoms with Gasteiger partial charge in [0.25, 0.3) is 5.69 Å². The number of hydrogen-bond donors (Lipinski definition) is 2. The summed E-state index contributed by atoms with van der Waals surface area (Å²) in [7, 11) is 0. The highest BCUT2D eigenvalue weighted by Gasteiger charge is 2.22. The van der Waals surface area contributed by atoms with Crippen LogP contribution in [0.15, 0.2) is 18.2 Å². The Morgan fingerprint density at radius 2 is 2.39 bits per heavy atom. The molecular formula is C11H12N4O3. The lowest BCUT2D eigenvalue weighted by Gasteiger charge is -2.21. The zero-order valence-corrected chi connectivity index (χ0v) is 9.55. The van der Waals surface area contributed by atoms with Crippen LogP contribution in [-0.2, 0) is 4.74 Å². The molecule has 2 heterocycles. The fourth-order valence-corrected chi connectivity index (χ4v) is 2.08. The Bertz CT molecular complexity index is 589. The molecule has 0 aliphatic carbocycles. The Kier molecular flexibility index (Phi) is 2.69. The summed E-state index contributed by atoms with van der Waals surface area (Å²) >= 11 is 0. The maximum absolute atomic E-state index is 10.9. The normalized spacial score (nSPS) is 20.1. The van der Waals surface area contributed by atoms with Crippen LogP contribution in [-0.4, -0.2) is 34.6 Å². The van der Waals surface area contributed by atoms with Crippen molar-refractivity contribution in [2.45, 2.75) is 6.10 Å². The number of hydrogen-bond acceptors (Lipinski definition) is 5. The van der Waals surface area contributed by atoms with Crippen LogP contribution >= 0.6 is 0 Å². The predicted molar refractivity (Wildman–Crippen MR) is 64.3 cm³/mol. The van der Waals surface area contributed by atoms with Gasteiger partial charge in [-0.1, -0.05) is 6.07 Å². The molecule has 1 aromatic carbocycles. The molecule has 7 nitrogen and oxygen atoms in total. The molecule has 2 N–H and O–H groups in total. The Morgan fingerprint density at radius 1 is 1.50 bits per heavy atom. The van der Waals surface area contributed by atoms with E-state index in [-0.39, 0.29) is 11.8 Å². The van der Waals surface area contributed by atoms with Crippen LogP contribution in [0.4, 0.5) is 5.69 Å². The number of aromatic amines is 1. The highest BCUT2D eigenvalue weighted by Crippen LogP contribution is 2.26. The number of nitrogens with zero attached hydrogens (tertiary/aromatic N) is 2. The van der Waals surface area contributed by atoms with Gasteiger partial charge in [-0.25, -0.2) is 4.98 Å². The van der Waals surface area contributed by atoms with E-state index in [2.05, 4.69) is 15.3 Å². The van der Waals surface area contributed by atoms with E-state index >= 15 is 0 Å². The van der Waals surface area contributed by atoms with Crippen molar-refractivity contribution in [1.82, 2.24) is 15.3 Å². The van der Waals surface area contributed by atoms with Crippen molar-refractivity contribution in [2.75, 3.05) is 19.7 Å². The van der Waals surface area contributed by atoms with E-state index in [9.17, 15) is 10.1 Å². The molecule has 7 heteroatoms. The zero-order valence-electron chi connectivity index (χ0n) is 9.55. The number of non-ortho nitro benzene ring substituents is 1. The van der Waals surface area contributed by atoms with Crippen molar-refractivity contribution in [1.29, 1.82) is 0 Å². The van der Waals surface area contributed by atoms with Crippen molar-refractivity contribution in [3.05, 3.63) is 34.1 Å². The fraction of sp³-hybridized carbons (Fsp3) is 0.364. The van der Waals surface area contributed by atoms with Crippen molar-refractivity contribution in [2.24, 2.45) is 0 Å². The van der Waals surface area contributed by atoms with Crippen LogP contribution in [0.5, 0.6) is 0 Å². The summed E-state index contributed by atoms with van der Waals surface area (Å²) in [5.41, 5.74) is 1.08. The first kappa shape index (κ1) is 11.1. The van der Waals surface area contributed by atoms with Crippen molar-refractivity contribution in [3.63, 3.8) is 0 Å². The molecule has 1 saturated heterocycles. The molecule has 1 aliphatic rings. The van der Waals surface area contributed by atoms with Crippen LogP contribution in [0.1, 0.15) is 11.9 Å². The average molecular weight is 248 g/mol. The molecule has 2 aromatic rings. The van der Waals surface area contributed by atoms with Gasteiger partial charge in [0.15, 0.2) is 0 Å². The smallest absolute Gasteiger partial charge is 0.294 e. The van der Waals surface area contributed by atoms with E-state index in [1.54, 1.807) is 12.1 Å². The second kappa shape index (κ2) is 4.35. The Balaban J connectivity index is 2.04. The number of ether oxygens (including phenoxy) is 1. The first-order chi connectivity index (χ1) is 8.75. The van der Waals surface area contributed by atoms with Gasteiger partial charge in [-0.05, 0) is 6.07 Å². The van der Waals surface area contributed by atoms with E-state index < -0.39 is 4.92 Å². The van der Waals surface area contributed by atoms with Crippen molar-refractivity contribution >= 4 is 16.7 Å². The van der Waals surface area contributed by atoms with Crippen LogP contribution in [0.3, 0.4) is 0 Å². The Morgan fingerprint density at radius 3 is 3.11 bits per heavy atom. The number of nitro benzene ring substituents is 1. The number of rotatable bonds is 2. The number of aromatic nitrogens is 2. The van der Waals surface area contributed by atoms with E-state index in [1.807, 2.05) is 0 Å². The average Bonchev–Trinajstić information content (AvgIpc) is 2.83. The minimum absolute atomic E-state index is 0.0371. The number of morpholine rings is 1. The number of H-pyrrole nitrogens is 1. The summed E-state index contributed by atoms with van der Waals surface area (Å²) in [5.74, 6) is 0.631. The lowest BCUT2D eigenvalue weighted by Crippen LogP contribution is -2.33. The number of nitro groups is 1. The molecule has 0 bridgehead atoms. The highest BCUT2D eigenvalue weighted by molar-refractivity contribution is 5.84. The third-order valence-electron chi connectivity index (χ3n) is 2.94. The Labute approximate surface area is 102 Å². The van der Waals surface area contributed by atoms with E-state index in [1.165, 1.54) is 6.07 Å². The molecule has 3 rings (SSSR count). The molecular weight excluding hydrogens is 236 g/mol. The molecule has 1 atom stereocenters. The third kappa shape index (κ3) is 1.83. The number of para-hydroxylation sites is 1. The van der Waals surface area contributed by atoms with E-state index in [4.69, 9.17) is 4.74 Å². The monoisotopic (exact) mass is 248 g/mol. The predicted octanol–water partition coefficient (Wildman–Crippen LogP) is 1.13. The Hall–Kier alpha value is -1.99. The molecule has 1 fully saturated rings. The molecule has 1 aliphatic heterocycles. The van der Waals surface area contributed by atoms with Gasteiger partial charge in [0, 0.05) is 19.2 Å². The third-order valence-corrected chi connectivity index (χ3v) is 2.94. The SMILES string of the molecule is O=[N+]([O-])c1cccc2nc(C3CNCCO3)[nH]c12. The highest BCUT2D eigenvalue weighted by atomic mass is 16.6. The van der Waals surface area contributed by atoms with Gasteiger partial charge < -0.3 is 15.0 Å². The zero-order chi connectivity index (χ0) is 12.5. The summed E-state index contributed by atoms with van der Waals surface area (Å²) in [6, 6.07) is 4.84. The molecule has 1 unspecified atom stereocenters. The van der Waals surface area contributed by atoms with Gasteiger partial charge in [-0.2, -0.15) is 0 Å². The summed E-state index contributed by atoms with van der Waals surface area (Å²) in [5, 5.41) is 14.1. The van der Waals surface area contributed by atoms with Crippen LogP contribution in [0.2, 0.25) is 0 Å². The van der Waals surface area contributed by atoms with E-state index in [0.717, 1.165) is 6.54 Å². The maximum atomic E-state index is 10.9. The second-order valence-corrected chi connectivity index (χ2v) is 4.11. The number of fused-ring (bicyclic) bond motifs is 1. The summed E-state index contributed by atoms with van der Waals surface area (Å²) in [6.07, 6.45) is -0.175. The summed E-state index contributed by atoms with van der Waals surface area (Å²) < 4.78 is 5.57. The molecule has 18 heavy (non-hydrogen) atoms. The number of nitrogens with one attached hydrogen (secondary N) is 2. The number of imidazole rings is 1. The van der Waals surface area contributed by atoms with Gasteiger partial charge in [0.1, 0.15) is 17.4 Å². The van der Waals surface area contributed by atoms with Crippen LogP contribution < -0.4 is 5.32 Å². The maximum Gasteiger partial charge on any atom is 0.294 e. The van der Waals surface area contributed by atoms with Crippen molar-refractivity contribution < 1.29 is 9.66 Å². The first-order valence-corrected chi connectivity index (χ1v) is 5.71. The molecule has 0 radical (unpaired) electrons. The van der Waals surface area contributed by atoms with Crippen molar-refractivity contribution in [3.8, 4) is 0 Å². The summed E-state index contributed by atoms with van der Waals surface area (Å²) in [4.78, 5) is 17.9. The standard InChI is InChI=1S/C11H12N4O3/c16-15(17)8-3-1-2-7-10(8)14-11(13-7)9-6-12-4-5-18-9/h1-3,9,12H,4-6H2,(H,13,14). The lowest BCUT2D eigenvalue weighted by atomic mass is 10.3. The van der Waals surface area contributed by atoms with Gasteiger partial charge >= 0.3 is 0 Å². The first-order valence-electron chi connectivity index (χ1n) is 5.71. The quantitative estimate of drug-likeness (QED) is 0.614. The number of benzene rings is 1. The summed E-state index contributed by atoms with van der Waals surface area (Å²) in [6.45, 7) is 2.09. The van der Waals surface area contributed by atoms with Gasteiger partial charge in [0.2, 0.25) is 0 Å². The minimum Gasteiger partial charge on any atom is -0.368 e. The fourth-order valence-electron chi connectivity index (χ4n) is 2.08. The lowest BCUT2D eigenvalue weighted by molar-refractivity contribution is -0.383. The largest absolute Gasteiger partial charge is 0.368 e. The second-order valence-electron chi connectivity index (χ2n) is 4.11. The molecule has 0 spiro atoms.